The lowest BCUT2D eigenvalue weighted by Gasteiger charge is -2.12. The van der Waals surface area contributed by atoms with E-state index in [1.54, 1.807) is 38.3 Å². The fourth-order valence-electron chi connectivity index (χ4n) is 1.65. The maximum absolute atomic E-state index is 9.14. The molecule has 0 aliphatic heterocycles. The molecule has 2 rings (SSSR count). The van der Waals surface area contributed by atoms with Gasteiger partial charge in [-0.2, -0.15) is 5.26 Å². The third kappa shape index (κ3) is 3.01. The standard InChI is InChI=1S/C13H11BrN4O/c1-8-16-11(14)6-12(17-8)18-13-9(7-15)4-3-5-10(13)19-2/h3-6H,1-2H3,(H,16,17,18). The van der Waals surface area contributed by atoms with Crippen LogP contribution < -0.4 is 10.1 Å². The zero-order chi connectivity index (χ0) is 13.8. The van der Waals surface area contributed by atoms with Gasteiger partial charge in [0.1, 0.15) is 33.8 Å². The number of aryl methyl sites for hydroxylation is 1. The average molecular weight is 319 g/mol. The Bertz CT molecular complexity index is 631. The number of nitriles is 1. The van der Waals surface area contributed by atoms with Crippen molar-refractivity contribution in [3.8, 4) is 11.8 Å². The smallest absolute Gasteiger partial charge is 0.143 e. The van der Waals surface area contributed by atoms with Crippen molar-refractivity contribution in [3.63, 3.8) is 0 Å². The molecule has 0 fully saturated rings. The van der Waals surface area contributed by atoms with Gasteiger partial charge >= 0.3 is 0 Å². The quantitative estimate of drug-likeness (QED) is 0.880. The Labute approximate surface area is 119 Å². The monoisotopic (exact) mass is 318 g/mol. The van der Waals surface area contributed by atoms with Crippen molar-refractivity contribution < 1.29 is 4.74 Å². The second kappa shape index (κ2) is 5.67. The Hall–Kier alpha value is -2.13. The number of rotatable bonds is 3. The number of halogens is 1. The molecule has 96 valence electrons. The summed E-state index contributed by atoms with van der Waals surface area (Å²) in [5, 5.41) is 12.2. The summed E-state index contributed by atoms with van der Waals surface area (Å²) in [7, 11) is 1.56. The van der Waals surface area contributed by atoms with Crippen molar-refractivity contribution in [1.82, 2.24) is 9.97 Å². The predicted molar refractivity (Wildman–Crippen MR) is 75.5 cm³/mol. The van der Waals surface area contributed by atoms with E-state index in [2.05, 4.69) is 37.3 Å². The van der Waals surface area contributed by atoms with E-state index >= 15 is 0 Å². The Morgan fingerprint density at radius 2 is 2.16 bits per heavy atom. The summed E-state index contributed by atoms with van der Waals surface area (Å²) >= 11 is 3.31. The van der Waals surface area contributed by atoms with Crippen molar-refractivity contribution in [2.75, 3.05) is 12.4 Å². The van der Waals surface area contributed by atoms with Crippen LogP contribution in [0.1, 0.15) is 11.4 Å². The summed E-state index contributed by atoms with van der Waals surface area (Å²) in [5.41, 5.74) is 1.09. The molecule has 0 saturated heterocycles. The molecule has 5 nitrogen and oxygen atoms in total. The number of hydrogen-bond acceptors (Lipinski definition) is 5. The lowest BCUT2D eigenvalue weighted by molar-refractivity contribution is 0.416. The Kier molecular flexibility index (Phi) is 3.97. The first kappa shape index (κ1) is 13.3. The molecule has 0 spiro atoms. The molecule has 2 aromatic rings. The number of ether oxygens (including phenoxy) is 1. The maximum atomic E-state index is 9.14. The highest BCUT2D eigenvalue weighted by atomic mass is 79.9. The van der Waals surface area contributed by atoms with Crippen LogP contribution in [0.4, 0.5) is 11.5 Å². The van der Waals surface area contributed by atoms with Crippen LogP contribution in [0.15, 0.2) is 28.9 Å². The maximum Gasteiger partial charge on any atom is 0.143 e. The molecule has 0 aliphatic rings. The number of para-hydroxylation sites is 1. The number of benzene rings is 1. The van der Waals surface area contributed by atoms with Crippen LogP contribution >= 0.6 is 15.9 Å². The van der Waals surface area contributed by atoms with Crippen LogP contribution in [0.3, 0.4) is 0 Å². The summed E-state index contributed by atoms with van der Waals surface area (Å²) in [5.74, 6) is 1.82. The summed E-state index contributed by atoms with van der Waals surface area (Å²) < 4.78 is 5.93. The third-order valence-electron chi connectivity index (χ3n) is 2.43. The summed E-state index contributed by atoms with van der Waals surface area (Å²) in [6, 6.07) is 9.13. The van der Waals surface area contributed by atoms with Gasteiger partial charge < -0.3 is 10.1 Å². The molecule has 1 aromatic heterocycles. The highest BCUT2D eigenvalue weighted by molar-refractivity contribution is 9.10. The van der Waals surface area contributed by atoms with E-state index in [4.69, 9.17) is 10.00 Å². The van der Waals surface area contributed by atoms with E-state index in [0.29, 0.717) is 33.2 Å². The van der Waals surface area contributed by atoms with Gasteiger partial charge in [0.2, 0.25) is 0 Å². The fourth-order valence-corrected chi connectivity index (χ4v) is 2.12. The minimum absolute atomic E-state index is 0.492. The van der Waals surface area contributed by atoms with E-state index in [0.717, 1.165) is 0 Å². The minimum atomic E-state index is 0.492. The van der Waals surface area contributed by atoms with Crippen LogP contribution in [0.2, 0.25) is 0 Å². The first-order chi connectivity index (χ1) is 9.13. The van der Waals surface area contributed by atoms with Crippen molar-refractivity contribution in [3.05, 3.63) is 40.3 Å². The Morgan fingerprint density at radius 1 is 1.37 bits per heavy atom. The van der Waals surface area contributed by atoms with Crippen molar-refractivity contribution in [2.45, 2.75) is 6.92 Å². The van der Waals surface area contributed by atoms with Gasteiger partial charge in [-0.05, 0) is 35.0 Å². The molecule has 0 radical (unpaired) electrons. The fraction of sp³-hybridized carbons (Fsp3) is 0.154. The molecule has 6 heteroatoms. The molecule has 1 aromatic carbocycles. The summed E-state index contributed by atoms with van der Waals surface area (Å²) in [6.45, 7) is 1.80. The van der Waals surface area contributed by atoms with Gasteiger partial charge in [0, 0.05) is 6.07 Å². The van der Waals surface area contributed by atoms with Crippen molar-refractivity contribution >= 4 is 27.4 Å². The van der Waals surface area contributed by atoms with E-state index in [9.17, 15) is 0 Å². The Morgan fingerprint density at radius 3 is 2.79 bits per heavy atom. The summed E-state index contributed by atoms with van der Waals surface area (Å²) in [6.07, 6.45) is 0. The molecule has 0 atom stereocenters. The molecule has 0 saturated carbocycles. The molecule has 0 unspecified atom stereocenters. The van der Waals surface area contributed by atoms with Crippen LogP contribution in [0.5, 0.6) is 5.75 Å². The molecule has 19 heavy (non-hydrogen) atoms. The molecule has 1 N–H and O–H groups in total. The zero-order valence-corrected chi connectivity index (χ0v) is 12.0. The molecule has 1 heterocycles. The van der Waals surface area contributed by atoms with Crippen LogP contribution in [-0.4, -0.2) is 17.1 Å². The third-order valence-corrected chi connectivity index (χ3v) is 2.83. The lowest BCUT2D eigenvalue weighted by Crippen LogP contribution is -2.01. The second-order valence-corrected chi connectivity index (χ2v) is 4.56. The number of aromatic nitrogens is 2. The van der Waals surface area contributed by atoms with Gasteiger partial charge in [0.25, 0.3) is 0 Å². The molecule has 0 aliphatic carbocycles. The highest BCUT2D eigenvalue weighted by Crippen LogP contribution is 2.30. The molecular weight excluding hydrogens is 308 g/mol. The number of anilines is 2. The first-order valence-electron chi connectivity index (χ1n) is 5.49. The average Bonchev–Trinajstić information content (AvgIpc) is 2.37. The largest absolute Gasteiger partial charge is 0.495 e. The van der Waals surface area contributed by atoms with Gasteiger partial charge in [0.15, 0.2) is 0 Å². The number of nitrogens with zero attached hydrogens (tertiary/aromatic N) is 3. The van der Waals surface area contributed by atoms with Gasteiger partial charge in [-0.3, -0.25) is 0 Å². The van der Waals surface area contributed by atoms with Crippen LogP contribution in [0, 0.1) is 18.3 Å². The SMILES string of the molecule is COc1cccc(C#N)c1Nc1cc(Br)nc(C)n1. The van der Waals surface area contributed by atoms with E-state index in [1.165, 1.54) is 0 Å². The topological polar surface area (TPSA) is 70.8 Å². The highest BCUT2D eigenvalue weighted by Gasteiger charge is 2.10. The van der Waals surface area contributed by atoms with E-state index in [1.807, 2.05) is 0 Å². The molecular formula is C13H11BrN4O. The van der Waals surface area contributed by atoms with Gasteiger partial charge in [-0.1, -0.05) is 6.07 Å². The van der Waals surface area contributed by atoms with E-state index in [-0.39, 0.29) is 0 Å². The lowest BCUT2D eigenvalue weighted by atomic mass is 10.2. The Balaban J connectivity index is 2.45. The predicted octanol–water partition coefficient (Wildman–Crippen LogP) is 3.17. The van der Waals surface area contributed by atoms with Gasteiger partial charge in [0.05, 0.1) is 12.7 Å². The molecule has 0 amide bonds. The first-order valence-corrected chi connectivity index (χ1v) is 6.28. The van der Waals surface area contributed by atoms with Crippen LogP contribution in [-0.2, 0) is 0 Å². The second-order valence-electron chi connectivity index (χ2n) is 3.74. The number of nitrogens with one attached hydrogen (secondary N) is 1. The normalized spacial score (nSPS) is 9.79. The summed E-state index contributed by atoms with van der Waals surface area (Å²) in [4.78, 5) is 8.39. The van der Waals surface area contributed by atoms with E-state index < -0.39 is 0 Å². The zero-order valence-electron chi connectivity index (χ0n) is 10.4. The van der Waals surface area contributed by atoms with Gasteiger partial charge in [-0.25, -0.2) is 9.97 Å². The van der Waals surface area contributed by atoms with Gasteiger partial charge in [-0.15, -0.1) is 0 Å². The number of methoxy groups -OCH3 is 1. The molecule has 0 bridgehead atoms. The van der Waals surface area contributed by atoms with Crippen molar-refractivity contribution in [2.24, 2.45) is 0 Å². The number of hydrogen-bond donors (Lipinski definition) is 1. The van der Waals surface area contributed by atoms with Crippen molar-refractivity contribution in [1.29, 1.82) is 5.26 Å². The van der Waals surface area contributed by atoms with Crippen LogP contribution in [0.25, 0.3) is 0 Å². The minimum Gasteiger partial charge on any atom is -0.495 e.